The maximum absolute atomic E-state index is 6.20. The number of aromatic nitrogens is 5. The first-order valence-corrected chi connectivity index (χ1v) is 11.2. The van der Waals surface area contributed by atoms with E-state index in [-0.39, 0.29) is 17.3 Å². The van der Waals surface area contributed by atoms with Crippen LogP contribution >= 0.6 is 11.8 Å². The average molecular weight is 451 g/mol. The summed E-state index contributed by atoms with van der Waals surface area (Å²) in [5.41, 5.74) is 2.22. The van der Waals surface area contributed by atoms with Gasteiger partial charge in [-0.3, -0.25) is 0 Å². The fourth-order valence-electron chi connectivity index (χ4n) is 2.99. The maximum Gasteiger partial charge on any atom is 0.247 e. The fraction of sp³-hybridized carbons (Fsp3) is 0.304. The molecule has 0 aliphatic heterocycles. The minimum Gasteiger partial charge on any atom is -0.486 e. The van der Waals surface area contributed by atoms with E-state index in [1.54, 1.807) is 0 Å². The Morgan fingerprint density at radius 2 is 1.72 bits per heavy atom. The zero-order chi connectivity index (χ0) is 22.7. The van der Waals surface area contributed by atoms with Gasteiger partial charge in [0.2, 0.25) is 16.9 Å². The predicted molar refractivity (Wildman–Crippen MR) is 124 cm³/mol. The van der Waals surface area contributed by atoms with Crippen LogP contribution in [0.4, 0.5) is 0 Å². The molecule has 2 aromatic carbocycles. The Bertz CT molecular complexity index is 1170. The van der Waals surface area contributed by atoms with Crippen molar-refractivity contribution in [1.82, 2.24) is 25.1 Å². The summed E-state index contributed by atoms with van der Waals surface area (Å²) in [4.78, 5) is 0. The van der Waals surface area contributed by atoms with Gasteiger partial charge >= 0.3 is 0 Å². The van der Waals surface area contributed by atoms with Crippen molar-refractivity contribution in [2.75, 3.05) is 5.84 Å². The van der Waals surface area contributed by atoms with Crippen LogP contribution < -0.4 is 10.6 Å². The fourth-order valence-corrected chi connectivity index (χ4v) is 3.81. The summed E-state index contributed by atoms with van der Waals surface area (Å²) in [6.07, 6.45) is 0. The molecule has 0 bridgehead atoms. The molecule has 8 nitrogen and oxygen atoms in total. The second kappa shape index (κ2) is 9.04. The molecule has 9 heteroatoms. The molecule has 2 heterocycles. The van der Waals surface area contributed by atoms with Crippen molar-refractivity contribution in [2.24, 2.45) is 0 Å². The topological polar surface area (TPSA) is 105 Å². The zero-order valence-corrected chi connectivity index (χ0v) is 19.3. The molecule has 4 aromatic rings. The van der Waals surface area contributed by atoms with Crippen LogP contribution in [0.3, 0.4) is 0 Å². The number of thioether (sulfide) groups is 1. The van der Waals surface area contributed by atoms with Gasteiger partial charge in [-0.2, -0.15) is 0 Å². The van der Waals surface area contributed by atoms with Gasteiger partial charge in [0.15, 0.2) is 5.82 Å². The predicted octanol–water partition coefficient (Wildman–Crippen LogP) is 4.77. The summed E-state index contributed by atoms with van der Waals surface area (Å²) in [6, 6.07) is 17.7. The third-order valence-electron chi connectivity index (χ3n) is 4.91. The van der Waals surface area contributed by atoms with Gasteiger partial charge in [0.05, 0.1) is 5.25 Å². The highest BCUT2D eigenvalue weighted by Crippen LogP contribution is 2.34. The number of hydrogen-bond acceptors (Lipinski definition) is 8. The molecule has 0 radical (unpaired) electrons. The van der Waals surface area contributed by atoms with Gasteiger partial charge in [-0.15, -0.1) is 20.4 Å². The molecular weight excluding hydrogens is 424 g/mol. The first kappa shape index (κ1) is 21.9. The molecular formula is C23H26N6O2S. The molecule has 1 atom stereocenters. The standard InChI is InChI=1S/C23H26N6O2S/c1-15(20-26-27-21(31-20)16-8-6-5-7-9-16)32-22-28-25-19(29(22)24)14-30-18-12-10-17(11-13-18)23(2,3)4/h5-13,15H,14,24H2,1-4H3. The number of hydrogen-bond donors (Lipinski definition) is 1. The summed E-state index contributed by atoms with van der Waals surface area (Å²) in [6.45, 7) is 8.70. The van der Waals surface area contributed by atoms with Gasteiger partial charge < -0.3 is 15.0 Å². The van der Waals surface area contributed by atoms with Gasteiger partial charge in [-0.05, 0) is 42.2 Å². The van der Waals surface area contributed by atoms with Crippen LogP contribution in [-0.4, -0.2) is 25.1 Å². The maximum atomic E-state index is 6.20. The second-order valence-corrected chi connectivity index (χ2v) is 9.71. The molecule has 1 unspecified atom stereocenters. The Kier molecular flexibility index (Phi) is 6.18. The van der Waals surface area contributed by atoms with E-state index in [1.165, 1.54) is 22.0 Å². The smallest absolute Gasteiger partial charge is 0.247 e. The molecule has 0 spiro atoms. The van der Waals surface area contributed by atoms with Crippen molar-refractivity contribution >= 4 is 11.8 Å². The van der Waals surface area contributed by atoms with Gasteiger partial charge in [0, 0.05) is 5.56 Å². The van der Waals surface area contributed by atoms with E-state index >= 15 is 0 Å². The lowest BCUT2D eigenvalue weighted by atomic mass is 9.87. The molecule has 32 heavy (non-hydrogen) atoms. The molecule has 2 aromatic heterocycles. The summed E-state index contributed by atoms with van der Waals surface area (Å²) in [7, 11) is 0. The molecule has 166 valence electrons. The van der Waals surface area contributed by atoms with E-state index in [4.69, 9.17) is 15.0 Å². The SMILES string of the molecule is CC(Sc1nnc(COc2ccc(C(C)(C)C)cc2)n1N)c1nnc(-c2ccccc2)o1. The van der Waals surface area contributed by atoms with Gasteiger partial charge in [-0.25, -0.2) is 4.68 Å². The van der Waals surface area contributed by atoms with Crippen LogP contribution in [0.2, 0.25) is 0 Å². The summed E-state index contributed by atoms with van der Waals surface area (Å²) in [5, 5.41) is 17.0. The number of benzene rings is 2. The lowest BCUT2D eigenvalue weighted by molar-refractivity contribution is 0.291. The molecule has 2 N–H and O–H groups in total. The summed E-state index contributed by atoms with van der Waals surface area (Å²) < 4.78 is 13.1. The number of nitrogens with zero attached hydrogens (tertiary/aromatic N) is 5. The van der Waals surface area contributed by atoms with E-state index in [2.05, 4.69) is 53.3 Å². The zero-order valence-electron chi connectivity index (χ0n) is 18.5. The number of nitrogen functional groups attached to an aromatic ring is 1. The monoisotopic (exact) mass is 450 g/mol. The lowest BCUT2D eigenvalue weighted by Gasteiger charge is -2.19. The van der Waals surface area contributed by atoms with Crippen molar-refractivity contribution in [1.29, 1.82) is 0 Å². The third kappa shape index (κ3) is 4.94. The van der Waals surface area contributed by atoms with E-state index in [0.717, 1.165) is 11.3 Å². The largest absolute Gasteiger partial charge is 0.486 e. The first-order chi connectivity index (χ1) is 15.3. The molecule has 0 saturated heterocycles. The van der Waals surface area contributed by atoms with Crippen LogP contribution in [0.25, 0.3) is 11.5 Å². The Morgan fingerprint density at radius 1 is 1.00 bits per heavy atom. The Labute approximate surface area is 191 Å². The molecule has 0 fully saturated rings. The highest BCUT2D eigenvalue weighted by atomic mass is 32.2. The van der Waals surface area contributed by atoms with E-state index < -0.39 is 0 Å². The Hall–Kier alpha value is -3.33. The molecule has 0 amide bonds. The molecule has 4 rings (SSSR count). The Morgan fingerprint density at radius 3 is 2.41 bits per heavy atom. The van der Waals surface area contributed by atoms with Crippen LogP contribution in [0.15, 0.2) is 64.2 Å². The Balaban J connectivity index is 1.38. The minimum atomic E-state index is -0.148. The van der Waals surface area contributed by atoms with Crippen molar-refractivity contribution < 1.29 is 9.15 Å². The lowest BCUT2D eigenvalue weighted by Crippen LogP contribution is -2.16. The number of ether oxygens (including phenoxy) is 1. The van der Waals surface area contributed by atoms with Crippen molar-refractivity contribution in [3.05, 3.63) is 71.9 Å². The second-order valence-electron chi connectivity index (χ2n) is 8.40. The van der Waals surface area contributed by atoms with E-state index in [9.17, 15) is 0 Å². The quantitative estimate of drug-likeness (QED) is 0.317. The average Bonchev–Trinajstić information content (AvgIpc) is 3.41. The van der Waals surface area contributed by atoms with Crippen LogP contribution in [0.5, 0.6) is 5.75 Å². The summed E-state index contributed by atoms with van der Waals surface area (Å²) in [5.74, 6) is 8.45. The first-order valence-electron chi connectivity index (χ1n) is 10.3. The summed E-state index contributed by atoms with van der Waals surface area (Å²) >= 11 is 1.39. The van der Waals surface area contributed by atoms with Gasteiger partial charge in [-0.1, -0.05) is 62.9 Å². The molecule has 0 saturated carbocycles. The van der Waals surface area contributed by atoms with Crippen molar-refractivity contribution in [3.8, 4) is 17.2 Å². The van der Waals surface area contributed by atoms with Crippen molar-refractivity contribution in [2.45, 2.75) is 50.1 Å². The van der Waals surface area contributed by atoms with Gasteiger partial charge in [0.1, 0.15) is 12.4 Å². The minimum absolute atomic E-state index is 0.0962. The normalized spacial score (nSPS) is 12.6. The highest BCUT2D eigenvalue weighted by Gasteiger charge is 2.20. The van der Waals surface area contributed by atoms with Gasteiger partial charge in [0.25, 0.3) is 0 Å². The third-order valence-corrected chi connectivity index (χ3v) is 5.96. The van der Waals surface area contributed by atoms with Crippen molar-refractivity contribution in [3.63, 3.8) is 0 Å². The molecule has 0 aliphatic carbocycles. The van der Waals surface area contributed by atoms with Crippen LogP contribution in [-0.2, 0) is 12.0 Å². The highest BCUT2D eigenvalue weighted by molar-refractivity contribution is 7.99. The number of nitrogens with two attached hydrogens (primary N) is 1. The van der Waals surface area contributed by atoms with Crippen LogP contribution in [0, 0.1) is 0 Å². The number of rotatable bonds is 7. The van der Waals surface area contributed by atoms with E-state index in [1.807, 2.05) is 49.4 Å². The van der Waals surface area contributed by atoms with E-state index in [0.29, 0.717) is 22.8 Å². The van der Waals surface area contributed by atoms with Crippen LogP contribution in [0.1, 0.15) is 50.2 Å². The molecule has 0 aliphatic rings.